The van der Waals surface area contributed by atoms with Crippen LogP contribution in [0.4, 0.5) is 30.2 Å². The Labute approximate surface area is 199 Å². The van der Waals surface area contributed by atoms with Gasteiger partial charge in [-0.15, -0.1) is 0 Å². The van der Waals surface area contributed by atoms with E-state index in [9.17, 15) is 22.8 Å². The summed E-state index contributed by atoms with van der Waals surface area (Å²) in [6, 6.07) is 7.50. The minimum Gasteiger partial charge on any atom is -0.486 e. The highest BCUT2D eigenvalue weighted by Gasteiger charge is 2.31. The number of hydrogen-bond acceptors (Lipinski definition) is 6. The molecule has 2 aromatic heterocycles. The van der Waals surface area contributed by atoms with Crippen LogP contribution >= 0.6 is 0 Å². The third-order valence-corrected chi connectivity index (χ3v) is 5.32. The molecule has 1 saturated heterocycles. The number of hydrogen-bond donors (Lipinski definition) is 2. The van der Waals surface area contributed by atoms with Gasteiger partial charge in [0.1, 0.15) is 11.9 Å². The number of rotatable bonds is 6. The van der Waals surface area contributed by atoms with Crippen molar-refractivity contribution in [3.63, 3.8) is 0 Å². The molecule has 2 N–H and O–H groups in total. The van der Waals surface area contributed by atoms with E-state index in [0.717, 1.165) is 23.5 Å². The average Bonchev–Trinajstić information content (AvgIpc) is 2.76. The third kappa shape index (κ3) is 5.86. The van der Waals surface area contributed by atoms with E-state index in [1.807, 2.05) is 17.9 Å². The predicted octanol–water partition coefficient (Wildman–Crippen LogP) is 4.28. The first-order chi connectivity index (χ1) is 16.6. The summed E-state index contributed by atoms with van der Waals surface area (Å²) in [5.41, 5.74) is 1.50. The minimum atomic E-state index is -4.56. The lowest BCUT2D eigenvalue weighted by Gasteiger charge is -2.40. The summed E-state index contributed by atoms with van der Waals surface area (Å²) >= 11 is 0. The number of aryl methyl sites for hydroxylation is 1. The first kappa shape index (κ1) is 24.0. The van der Waals surface area contributed by atoms with Crippen LogP contribution in [0.2, 0.25) is 0 Å². The zero-order valence-electron chi connectivity index (χ0n) is 18.9. The van der Waals surface area contributed by atoms with Gasteiger partial charge in [-0.3, -0.25) is 19.6 Å². The first-order valence-corrected chi connectivity index (χ1v) is 10.7. The number of pyridine rings is 2. The van der Waals surface area contributed by atoms with Crippen LogP contribution in [0.25, 0.3) is 0 Å². The number of benzene rings is 1. The molecule has 3 aromatic rings. The number of carbonyl (C=O) groups excluding carboxylic acids is 2. The predicted molar refractivity (Wildman–Crippen MR) is 124 cm³/mol. The Balaban J connectivity index is 1.39. The normalized spacial score (nSPS) is 13.7. The fourth-order valence-corrected chi connectivity index (χ4v) is 3.51. The van der Waals surface area contributed by atoms with Gasteiger partial charge >= 0.3 is 6.18 Å². The SMILES string of the molecule is CC(=O)Nc1cncc(N2CC(Oc3cc(C(=O)Nc4cncc(C(F)(F)F)c4)ccc3C)C2)c1. The lowest BCUT2D eigenvalue weighted by Crippen LogP contribution is -2.54. The summed E-state index contributed by atoms with van der Waals surface area (Å²) in [6.45, 7) is 4.42. The van der Waals surface area contributed by atoms with Crippen molar-refractivity contribution in [2.24, 2.45) is 0 Å². The molecular weight excluding hydrogens is 463 g/mol. The molecule has 1 aliphatic rings. The number of amides is 2. The van der Waals surface area contributed by atoms with Crippen molar-refractivity contribution < 1.29 is 27.5 Å². The summed E-state index contributed by atoms with van der Waals surface area (Å²) in [5, 5.41) is 5.14. The maximum atomic E-state index is 12.9. The molecule has 0 atom stereocenters. The van der Waals surface area contributed by atoms with Gasteiger partial charge in [0, 0.05) is 18.7 Å². The number of carbonyl (C=O) groups is 2. The molecule has 0 unspecified atom stereocenters. The highest BCUT2D eigenvalue weighted by molar-refractivity contribution is 6.04. The Morgan fingerprint density at radius 2 is 1.69 bits per heavy atom. The standard InChI is InChI=1S/C24H22F3N5O3/c1-14-3-4-16(23(34)31-18-6-17(8-28-9-18)24(25,26)27)5-22(14)35-21-12-32(13-21)20-7-19(10-29-11-20)30-15(2)33/h3-11,21H,12-13H2,1-2H3,(H,30,33)(H,31,34). The Morgan fingerprint density at radius 1 is 1.00 bits per heavy atom. The molecule has 2 amide bonds. The summed E-state index contributed by atoms with van der Waals surface area (Å²) in [6.07, 6.45) is 0.411. The number of anilines is 3. The molecule has 1 aromatic carbocycles. The van der Waals surface area contributed by atoms with Crippen LogP contribution in [0.3, 0.4) is 0 Å². The molecule has 0 spiro atoms. The van der Waals surface area contributed by atoms with E-state index < -0.39 is 17.6 Å². The number of aromatic nitrogens is 2. The third-order valence-electron chi connectivity index (χ3n) is 5.32. The maximum absolute atomic E-state index is 12.9. The van der Waals surface area contributed by atoms with E-state index in [1.54, 1.807) is 30.6 Å². The molecule has 1 fully saturated rings. The van der Waals surface area contributed by atoms with Crippen LogP contribution in [0.5, 0.6) is 5.75 Å². The highest BCUT2D eigenvalue weighted by atomic mass is 19.4. The summed E-state index contributed by atoms with van der Waals surface area (Å²) in [7, 11) is 0. The van der Waals surface area contributed by atoms with Crippen LogP contribution in [0, 0.1) is 6.92 Å². The van der Waals surface area contributed by atoms with Gasteiger partial charge in [-0.25, -0.2) is 0 Å². The van der Waals surface area contributed by atoms with Crippen LogP contribution in [0.15, 0.2) is 55.1 Å². The Kier molecular flexibility index (Phi) is 6.59. The molecule has 0 radical (unpaired) electrons. The Bertz CT molecular complexity index is 1260. The van der Waals surface area contributed by atoms with Gasteiger partial charge in [0.25, 0.3) is 5.91 Å². The van der Waals surface area contributed by atoms with Gasteiger partial charge in [-0.1, -0.05) is 6.07 Å². The number of nitrogens with zero attached hydrogens (tertiary/aromatic N) is 3. The van der Waals surface area contributed by atoms with Gasteiger partial charge < -0.3 is 20.3 Å². The lowest BCUT2D eigenvalue weighted by atomic mass is 10.1. The maximum Gasteiger partial charge on any atom is 0.417 e. The minimum absolute atomic E-state index is 0.0578. The second-order valence-electron chi connectivity index (χ2n) is 8.15. The number of nitrogens with one attached hydrogen (secondary N) is 2. The van der Waals surface area contributed by atoms with E-state index in [0.29, 0.717) is 30.7 Å². The van der Waals surface area contributed by atoms with Crippen LogP contribution in [-0.4, -0.2) is 41.0 Å². The summed E-state index contributed by atoms with van der Waals surface area (Å²) in [5.74, 6) is -0.251. The van der Waals surface area contributed by atoms with Crippen molar-refractivity contribution in [1.82, 2.24) is 9.97 Å². The Morgan fingerprint density at radius 3 is 2.37 bits per heavy atom. The highest BCUT2D eigenvalue weighted by Crippen LogP contribution is 2.31. The van der Waals surface area contributed by atoms with E-state index in [4.69, 9.17) is 4.74 Å². The fourth-order valence-electron chi connectivity index (χ4n) is 3.51. The molecule has 182 valence electrons. The molecule has 3 heterocycles. The van der Waals surface area contributed by atoms with Gasteiger partial charge in [0.15, 0.2) is 0 Å². The molecule has 0 aliphatic carbocycles. The van der Waals surface area contributed by atoms with E-state index in [-0.39, 0.29) is 23.3 Å². The zero-order chi connectivity index (χ0) is 25.2. The van der Waals surface area contributed by atoms with E-state index in [1.165, 1.54) is 6.92 Å². The quantitative estimate of drug-likeness (QED) is 0.541. The number of halogens is 3. The Hall–Kier alpha value is -4.15. The number of alkyl halides is 3. The molecular formula is C24H22F3N5O3. The topological polar surface area (TPSA) is 96.5 Å². The van der Waals surface area contributed by atoms with Gasteiger partial charge in [-0.05, 0) is 36.8 Å². The van der Waals surface area contributed by atoms with E-state index in [2.05, 4.69) is 20.6 Å². The molecule has 1 aliphatic heterocycles. The van der Waals surface area contributed by atoms with Crippen molar-refractivity contribution in [2.75, 3.05) is 28.6 Å². The van der Waals surface area contributed by atoms with Gasteiger partial charge in [0.2, 0.25) is 5.91 Å². The lowest BCUT2D eigenvalue weighted by molar-refractivity contribution is -0.137. The zero-order valence-corrected chi connectivity index (χ0v) is 18.9. The molecule has 0 bridgehead atoms. The largest absolute Gasteiger partial charge is 0.486 e. The van der Waals surface area contributed by atoms with Gasteiger partial charge in [0.05, 0.1) is 54.3 Å². The second-order valence-corrected chi connectivity index (χ2v) is 8.15. The monoisotopic (exact) mass is 485 g/mol. The van der Waals surface area contributed by atoms with Crippen molar-refractivity contribution >= 4 is 28.9 Å². The molecule has 8 nitrogen and oxygen atoms in total. The average molecular weight is 485 g/mol. The fraction of sp³-hybridized carbons (Fsp3) is 0.250. The second kappa shape index (κ2) is 9.61. The van der Waals surface area contributed by atoms with Gasteiger partial charge in [-0.2, -0.15) is 13.2 Å². The smallest absolute Gasteiger partial charge is 0.417 e. The molecule has 35 heavy (non-hydrogen) atoms. The van der Waals surface area contributed by atoms with Crippen molar-refractivity contribution in [2.45, 2.75) is 26.1 Å². The first-order valence-electron chi connectivity index (χ1n) is 10.7. The summed E-state index contributed by atoms with van der Waals surface area (Å²) < 4.78 is 44.8. The number of ether oxygens (including phenoxy) is 1. The molecule has 4 rings (SSSR count). The summed E-state index contributed by atoms with van der Waals surface area (Å²) in [4.78, 5) is 33.6. The van der Waals surface area contributed by atoms with Crippen molar-refractivity contribution in [3.05, 3.63) is 71.8 Å². The van der Waals surface area contributed by atoms with Crippen LogP contribution in [0.1, 0.15) is 28.4 Å². The van der Waals surface area contributed by atoms with Crippen LogP contribution < -0.4 is 20.3 Å². The molecule has 11 heteroatoms. The van der Waals surface area contributed by atoms with Crippen molar-refractivity contribution in [3.8, 4) is 5.75 Å². The van der Waals surface area contributed by atoms with E-state index >= 15 is 0 Å². The van der Waals surface area contributed by atoms with Crippen molar-refractivity contribution in [1.29, 1.82) is 0 Å². The molecule has 0 saturated carbocycles. The van der Waals surface area contributed by atoms with Crippen LogP contribution in [-0.2, 0) is 11.0 Å².